The number of fused-ring (bicyclic) bond motifs is 4. The number of hydrogen-bond donors (Lipinski definition) is 7. The smallest absolute Gasteiger partial charge is 0.343 e. The fraction of sp³-hybridized carbons (Fsp3) is 0.433. The lowest BCUT2D eigenvalue weighted by atomic mass is 9.86. The molecule has 4 aromatic rings. The van der Waals surface area contributed by atoms with E-state index in [1.807, 2.05) is 48.5 Å². The number of carbonyl (C=O) groups excluding carboxylic acids is 1. The standard InChI is InChI=1S/C30H33NO10/c32-10-3-11-39-25-26(41-30(38,27(25)35)29(37)9-8-19(34)14-29)28(36)40-24-22(15-33)31-21-7-6-18-12-16-4-1-2-5-17(16)13-20(18)23(21)24/h1-2,4-7,12-13,19,25-27,31-35,37-38H,3,8-11,14-15H2. The molecule has 2 aliphatic rings. The third-order valence-electron chi connectivity index (χ3n) is 8.33. The van der Waals surface area contributed by atoms with Gasteiger partial charge in [0, 0.05) is 19.6 Å². The number of nitrogens with one attached hydrogen (secondary N) is 1. The van der Waals surface area contributed by atoms with Crippen molar-refractivity contribution in [3.8, 4) is 5.75 Å². The van der Waals surface area contributed by atoms with Crippen molar-refractivity contribution in [3.63, 3.8) is 0 Å². The maximum atomic E-state index is 13.7. The third-order valence-corrected chi connectivity index (χ3v) is 8.33. The fourth-order valence-corrected chi connectivity index (χ4v) is 6.19. The molecule has 6 unspecified atom stereocenters. The van der Waals surface area contributed by atoms with Crippen molar-refractivity contribution in [1.29, 1.82) is 0 Å². The van der Waals surface area contributed by atoms with Crippen molar-refractivity contribution in [3.05, 3.63) is 54.2 Å². The highest BCUT2D eigenvalue weighted by Crippen LogP contribution is 2.47. The van der Waals surface area contributed by atoms with E-state index in [-0.39, 0.29) is 50.3 Å². The molecule has 0 bridgehead atoms. The first-order valence-corrected chi connectivity index (χ1v) is 13.7. The number of ether oxygens (including phenoxy) is 3. The van der Waals surface area contributed by atoms with E-state index in [2.05, 4.69) is 4.98 Å². The lowest BCUT2D eigenvalue weighted by Crippen LogP contribution is -2.60. The number of benzene rings is 3. The van der Waals surface area contributed by atoms with Gasteiger partial charge in [-0.25, -0.2) is 4.79 Å². The summed E-state index contributed by atoms with van der Waals surface area (Å²) in [6.07, 6.45) is -5.94. The molecule has 1 saturated heterocycles. The fourth-order valence-electron chi connectivity index (χ4n) is 6.19. The molecule has 6 rings (SSSR count). The normalized spacial score (nSPS) is 30.1. The molecular weight excluding hydrogens is 534 g/mol. The van der Waals surface area contributed by atoms with Crippen LogP contribution in [0.2, 0.25) is 0 Å². The van der Waals surface area contributed by atoms with E-state index >= 15 is 0 Å². The molecule has 41 heavy (non-hydrogen) atoms. The van der Waals surface area contributed by atoms with Crippen LogP contribution in [-0.4, -0.2) is 90.6 Å². The highest BCUT2D eigenvalue weighted by Gasteiger charge is 2.68. The molecule has 218 valence electrons. The number of aromatic nitrogens is 1. The van der Waals surface area contributed by atoms with E-state index in [4.69, 9.17) is 14.2 Å². The third kappa shape index (κ3) is 4.59. The lowest BCUT2D eigenvalue weighted by Gasteiger charge is -2.39. The number of hydrogen-bond acceptors (Lipinski definition) is 10. The van der Waals surface area contributed by atoms with Crippen LogP contribution >= 0.6 is 0 Å². The van der Waals surface area contributed by atoms with Gasteiger partial charge in [-0.3, -0.25) is 0 Å². The van der Waals surface area contributed by atoms with Crippen LogP contribution in [0.3, 0.4) is 0 Å². The van der Waals surface area contributed by atoms with Gasteiger partial charge in [0.1, 0.15) is 17.8 Å². The van der Waals surface area contributed by atoms with Crippen LogP contribution in [0.5, 0.6) is 5.75 Å². The van der Waals surface area contributed by atoms with Gasteiger partial charge >= 0.3 is 5.97 Å². The Kier molecular flexibility index (Phi) is 7.25. The summed E-state index contributed by atoms with van der Waals surface area (Å²) in [6, 6.07) is 15.5. The molecule has 2 fully saturated rings. The molecule has 1 saturated carbocycles. The van der Waals surface area contributed by atoms with Crippen LogP contribution in [-0.2, 0) is 20.9 Å². The van der Waals surface area contributed by atoms with Crippen molar-refractivity contribution in [2.75, 3.05) is 13.2 Å². The quantitative estimate of drug-likeness (QED) is 0.0933. The van der Waals surface area contributed by atoms with Gasteiger partial charge in [0.05, 0.1) is 29.3 Å². The van der Waals surface area contributed by atoms with Gasteiger partial charge in [-0.1, -0.05) is 30.3 Å². The molecular formula is C30H33NO10. The van der Waals surface area contributed by atoms with Gasteiger partial charge < -0.3 is 49.8 Å². The Morgan fingerprint density at radius 2 is 1.80 bits per heavy atom. The maximum absolute atomic E-state index is 13.7. The van der Waals surface area contributed by atoms with Gasteiger partial charge in [0.25, 0.3) is 0 Å². The molecule has 0 spiro atoms. The second-order valence-electron chi connectivity index (χ2n) is 10.9. The zero-order chi connectivity index (χ0) is 28.9. The molecule has 1 aromatic heterocycles. The number of rotatable bonds is 8. The topological polar surface area (TPSA) is 182 Å². The van der Waals surface area contributed by atoms with Crippen LogP contribution in [0, 0.1) is 0 Å². The Balaban J connectivity index is 1.40. The number of aromatic amines is 1. The monoisotopic (exact) mass is 567 g/mol. The van der Waals surface area contributed by atoms with Gasteiger partial charge in [-0.2, -0.15) is 0 Å². The van der Waals surface area contributed by atoms with Crippen LogP contribution in [0.25, 0.3) is 32.4 Å². The van der Waals surface area contributed by atoms with E-state index in [1.54, 1.807) is 0 Å². The Morgan fingerprint density at radius 3 is 2.49 bits per heavy atom. The minimum Gasteiger partial charge on any atom is -0.422 e. The molecule has 11 nitrogen and oxygen atoms in total. The molecule has 6 atom stereocenters. The summed E-state index contributed by atoms with van der Waals surface area (Å²) >= 11 is 0. The summed E-state index contributed by atoms with van der Waals surface area (Å²) in [5.74, 6) is -3.60. The summed E-state index contributed by atoms with van der Waals surface area (Å²) in [6.45, 7) is -0.760. The van der Waals surface area contributed by atoms with Gasteiger partial charge in [-0.15, -0.1) is 0 Å². The maximum Gasteiger partial charge on any atom is 0.343 e. The lowest BCUT2D eigenvalue weighted by molar-refractivity contribution is -0.314. The van der Waals surface area contributed by atoms with Crippen molar-refractivity contribution >= 4 is 38.4 Å². The number of H-pyrrole nitrogens is 1. The van der Waals surface area contributed by atoms with Crippen LogP contribution < -0.4 is 4.74 Å². The van der Waals surface area contributed by atoms with Crippen molar-refractivity contribution in [2.24, 2.45) is 0 Å². The summed E-state index contributed by atoms with van der Waals surface area (Å²) < 4.78 is 17.2. The Bertz CT molecular complexity index is 1600. The largest absolute Gasteiger partial charge is 0.422 e. The van der Waals surface area contributed by atoms with E-state index in [9.17, 15) is 35.4 Å². The second kappa shape index (κ2) is 10.6. The average Bonchev–Trinajstić information content (AvgIpc) is 3.60. The van der Waals surface area contributed by atoms with Crippen molar-refractivity contribution in [2.45, 2.75) is 68.1 Å². The summed E-state index contributed by atoms with van der Waals surface area (Å²) in [5, 5.41) is 67.3. The summed E-state index contributed by atoms with van der Waals surface area (Å²) in [5.41, 5.74) is -1.19. The molecule has 7 N–H and O–H groups in total. The Hall–Kier alpha value is -3.13. The Labute approximate surface area is 234 Å². The number of carbonyl (C=O) groups is 1. The molecule has 3 aromatic carbocycles. The van der Waals surface area contributed by atoms with Crippen LogP contribution in [0.15, 0.2) is 48.5 Å². The van der Waals surface area contributed by atoms with Crippen LogP contribution in [0.4, 0.5) is 0 Å². The van der Waals surface area contributed by atoms with E-state index in [1.165, 1.54) is 0 Å². The Morgan fingerprint density at radius 1 is 1.05 bits per heavy atom. The van der Waals surface area contributed by atoms with Gasteiger partial charge in [0.2, 0.25) is 5.79 Å². The first-order valence-electron chi connectivity index (χ1n) is 13.7. The highest BCUT2D eigenvalue weighted by atomic mass is 16.7. The first kappa shape index (κ1) is 28.0. The van der Waals surface area contributed by atoms with Gasteiger partial charge in [-0.05, 0) is 59.0 Å². The van der Waals surface area contributed by atoms with Crippen molar-refractivity contribution in [1.82, 2.24) is 4.98 Å². The molecule has 1 aliphatic carbocycles. The SMILES string of the molecule is O=C(Oc1c(CO)[nH]c2ccc3cc4ccccc4cc3c12)C1OC(O)(C2(O)CCC(O)C2)C(O)C1OCCCO. The summed E-state index contributed by atoms with van der Waals surface area (Å²) in [4.78, 5) is 16.8. The van der Waals surface area contributed by atoms with Crippen LogP contribution in [0.1, 0.15) is 31.4 Å². The predicted octanol–water partition coefficient (Wildman–Crippen LogP) is 1.36. The zero-order valence-electron chi connectivity index (χ0n) is 22.2. The molecule has 11 heteroatoms. The number of esters is 1. The second-order valence-corrected chi connectivity index (χ2v) is 10.9. The number of aliphatic hydroxyl groups excluding tert-OH is 4. The molecule has 0 amide bonds. The molecule has 1 aliphatic heterocycles. The number of aliphatic hydroxyl groups is 6. The van der Waals surface area contributed by atoms with E-state index < -0.39 is 48.4 Å². The van der Waals surface area contributed by atoms with Crippen molar-refractivity contribution < 1.29 is 49.6 Å². The predicted molar refractivity (Wildman–Crippen MR) is 147 cm³/mol. The summed E-state index contributed by atoms with van der Waals surface area (Å²) in [7, 11) is 0. The molecule has 2 heterocycles. The minimum absolute atomic E-state index is 0.0611. The molecule has 0 radical (unpaired) electrons. The first-order chi connectivity index (χ1) is 19.7. The minimum atomic E-state index is -2.64. The van der Waals surface area contributed by atoms with E-state index in [0.29, 0.717) is 10.9 Å². The average molecular weight is 568 g/mol. The van der Waals surface area contributed by atoms with E-state index in [0.717, 1.165) is 21.5 Å². The highest BCUT2D eigenvalue weighted by molar-refractivity contribution is 6.14. The van der Waals surface area contributed by atoms with Gasteiger partial charge in [0.15, 0.2) is 11.9 Å². The zero-order valence-corrected chi connectivity index (χ0v) is 22.2.